The highest BCUT2D eigenvalue weighted by molar-refractivity contribution is 5.80. The monoisotopic (exact) mass is 359 g/mol. The van der Waals surface area contributed by atoms with Crippen LogP contribution in [-0.2, 0) is 4.79 Å². The second-order valence-electron chi connectivity index (χ2n) is 6.64. The minimum Gasteiger partial charge on any atom is -0.493 e. The van der Waals surface area contributed by atoms with Gasteiger partial charge >= 0.3 is 0 Å². The molecule has 1 aromatic heterocycles. The van der Waals surface area contributed by atoms with Crippen molar-refractivity contribution in [1.82, 2.24) is 14.9 Å². The van der Waals surface area contributed by atoms with E-state index in [4.69, 9.17) is 14.2 Å². The molecule has 1 aromatic carbocycles. The first-order valence-electron chi connectivity index (χ1n) is 8.63. The summed E-state index contributed by atoms with van der Waals surface area (Å²) in [5.74, 6) is 2.80. The Labute approximate surface area is 153 Å². The normalized spacial score (nSPS) is 17.1. The van der Waals surface area contributed by atoms with Gasteiger partial charge in [-0.2, -0.15) is 0 Å². The number of methoxy groups -OCH3 is 3. The van der Waals surface area contributed by atoms with E-state index in [0.717, 1.165) is 17.1 Å². The molecule has 0 spiro atoms. The van der Waals surface area contributed by atoms with Gasteiger partial charge in [-0.1, -0.05) is 0 Å². The standard InChI is InChI=1S/C19H25N3O4/c1-11(2)22-10-13(8-17(22)23)19-20-9-14(21-19)12-6-15(24-3)18(26-5)16(7-12)25-4/h6-7,9,11,13H,8,10H2,1-5H3,(H,20,21)/t13-/m0/s1. The first kappa shape index (κ1) is 18.1. The fourth-order valence-corrected chi connectivity index (χ4v) is 3.34. The number of nitrogens with zero attached hydrogens (tertiary/aromatic N) is 2. The largest absolute Gasteiger partial charge is 0.493 e. The maximum Gasteiger partial charge on any atom is 0.223 e. The van der Waals surface area contributed by atoms with Gasteiger partial charge < -0.3 is 24.1 Å². The van der Waals surface area contributed by atoms with Gasteiger partial charge in [-0.3, -0.25) is 4.79 Å². The van der Waals surface area contributed by atoms with Crippen LogP contribution < -0.4 is 14.2 Å². The van der Waals surface area contributed by atoms with E-state index in [1.807, 2.05) is 30.9 Å². The van der Waals surface area contributed by atoms with Crippen LogP contribution in [0.3, 0.4) is 0 Å². The van der Waals surface area contributed by atoms with Crippen LogP contribution in [-0.4, -0.2) is 54.7 Å². The predicted molar refractivity (Wildman–Crippen MR) is 97.9 cm³/mol. The van der Waals surface area contributed by atoms with E-state index in [1.54, 1.807) is 27.5 Å². The zero-order valence-electron chi connectivity index (χ0n) is 15.8. The molecule has 1 aliphatic rings. The van der Waals surface area contributed by atoms with Crippen molar-refractivity contribution < 1.29 is 19.0 Å². The Balaban J connectivity index is 1.90. The number of aromatic nitrogens is 2. The second kappa shape index (κ2) is 7.27. The van der Waals surface area contributed by atoms with Crippen molar-refractivity contribution in [2.75, 3.05) is 27.9 Å². The summed E-state index contributed by atoms with van der Waals surface area (Å²) in [6, 6.07) is 3.95. The highest BCUT2D eigenvalue weighted by Gasteiger charge is 2.33. The Morgan fingerprint density at radius 2 is 1.81 bits per heavy atom. The smallest absolute Gasteiger partial charge is 0.223 e. The summed E-state index contributed by atoms with van der Waals surface area (Å²) in [6.07, 6.45) is 2.26. The number of H-pyrrole nitrogens is 1. The van der Waals surface area contributed by atoms with Crippen LogP contribution in [0.15, 0.2) is 18.3 Å². The molecule has 1 aliphatic heterocycles. The Bertz CT molecular complexity index is 775. The van der Waals surface area contributed by atoms with Gasteiger partial charge in [0.2, 0.25) is 11.7 Å². The van der Waals surface area contributed by atoms with E-state index in [0.29, 0.717) is 30.2 Å². The average Bonchev–Trinajstić information content (AvgIpc) is 3.27. The maximum absolute atomic E-state index is 12.2. The van der Waals surface area contributed by atoms with Gasteiger partial charge in [0.1, 0.15) is 5.82 Å². The molecule has 7 nitrogen and oxygen atoms in total. The van der Waals surface area contributed by atoms with Gasteiger partial charge in [-0.25, -0.2) is 4.98 Å². The Hall–Kier alpha value is -2.70. The van der Waals surface area contributed by atoms with Crippen molar-refractivity contribution >= 4 is 5.91 Å². The number of amides is 1. The minimum absolute atomic E-state index is 0.0840. The van der Waals surface area contributed by atoms with Gasteiger partial charge in [0, 0.05) is 30.5 Å². The molecule has 1 fully saturated rings. The van der Waals surface area contributed by atoms with Crippen molar-refractivity contribution in [3.8, 4) is 28.5 Å². The van der Waals surface area contributed by atoms with Crippen LogP contribution in [0.5, 0.6) is 17.2 Å². The number of aromatic amines is 1. The fraction of sp³-hybridized carbons (Fsp3) is 0.474. The lowest BCUT2D eigenvalue weighted by molar-refractivity contribution is -0.129. The van der Waals surface area contributed by atoms with Crippen LogP contribution in [0.1, 0.15) is 32.0 Å². The highest BCUT2D eigenvalue weighted by atomic mass is 16.5. The summed E-state index contributed by atoms with van der Waals surface area (Å²) < 4.78 is 16.2. The number of carbonyl (C=O) groups excluding carboxylic acids is 1. The zero-order chi connectivity index (χ0) is 18.8. The number of nitrogens with one attached hydrogen (secondary N) is 1. The van der Waals surface area contributed by atoms with Crippen LogP contribution in [0.4, 0.5) is 0 Å². The van der Waals surface area contributed by atoms with Gasteiger partial charge in [0.15, 0.2) is 11.5 Å². The highest BCUT2D eigenvalue weighted by Crippen LogP contribution is 2.41. The molecule has 7 heteroatoms. The van der Waals surface area contributed by atoms with Gasteiger partial charge in [-0.05, 0) is 26.0 Å². The molecule has 2 heterocycles. The average molecular weight is 359 g/mol. The molecule has 1 N–H and O–H groups in total. The lowest BCUT2D eigenvalue weighted by Crippen LogP contribution is -2.31. The van der Waals surface area contributed by atoms with Crippen molar-refractivity contribution in [2.45, 2.75) is 32.2 Å². The Morgan fingerprint density at radius 1 is 1.15 bits per heavy atom. The summed E-state index contributed by atoms with van der Waals surface area (Å²) in [7, 11) is 4.75. The van der Waals surface area contributed by atoms with Crippen LogP contribution in [0, 0.1) is 0 Å². The summed E-state index contributed by atoms with van der Waals surface area (Å²) in [5.41, 5.74) is 1.72. The van der Waals surface area contributed by atoms with Crippen molar-refractivity contribution in [3.63, 3.8) is 0 Å². The molecular formula is C19H25N3O4. The van der Waals surface area contributed by atoms with E-state index in [9.17, 15) is 4.79 Å². The molecular weight excluding hydrogens is 334 g/mol. The molecule has 3 rings (SSSR count). The summed E-state index contributed by atoms with van der Waals surface area (Å²) in [5, 5.41) is 0. The first-order valence-corrected chi connectivity index (χ1v) is 8.63. The number of hydrogen-bond acceptors (Lipinski definition) is 5. The van der Waals surface area contributed by atoms with Gasteiger partial charge in [0.05, 0.1) is 33.2 Å². The number of imidazole rings is 1. The molecule has 1 amide bonds. The molecule has 0 unspecified atom stereocenters. The SMILES string of the molecule is COc1cc(-c2cnc([C@H]3CC(=O)N(C(C)C)C3)[nH]2)cc(OC)c1OC. The molecule has 0 radical (unpaired) electrons. The van der Waals surface area contributed by atoms with E-state index in [2.05, 4.69) is 9.97 Å². The third kappa shape index (κ3) is 3.21. The third-order valence-corrected chi connectivity index (χ3v) is 4.74. The lowest BCUT2D eigenvalue weighted by atomic mass is 10.1. The lowest BCUT2D eigenvalue weighted by Gasteiger charge is -2.20. The van der Waals surface area contributed by atoms with Crippen molar-refractivity contribution in [1.29, 1.82) is 0 Å². The molecule has 140 valence electrons. The van der Waals surface area contributed by atoms with E-state index < -0.39 is 0 Å². The topological polar surface area (TPSA) is 76.7 Å². The number of benzene rings is 1. The second-order valence-corrected chi connectivity index (χ2v) is 6.64. The Morgan fingerprint density at radius 3 is 2.31 bits per heavy atom. The number of likely N-dealkylation sites (tertiary alicyclic amines) is 1. The number of rotatable bonds is 6. The predicted octanol–water partition coefficient (Wildman–Crippen LogP) is 2.83. The number of ether oxygens (including phenoxy) is 3. The molecule has 2 aromatic rings. The molecule has 0 saturated carbocycles. The fourth-order valence-electron chi connectivity index (χ4n) is 3.34. The van der Waals surface area contributed by atoms with Gasteiger partial charge in [0.25, 0.3) is 0 Å². The van der Waals surface area contributed by atoms with Crippen LogP contribution in [0.2, 0.25) is 0 Å². The Kier molecular flexibility index (Phi) is 5.06. The first-order chi connectivity index (χ1) is 12.5. The van der Waals surface area contributed by atoms with E-state index in [1.165, 1.54) is 0 Å². The quantitative estimate of drug-likeness (QED) is 0.858. The maximum atomic E-state index is 12.2. The van der Waals surface area contributed by atoms with Crippen LogP contribution in [0.25, 0.3) is 11.3 Å². The third-order valence-electron chi connectivity index (χ3n) is 4.74. The minimum atomic E-state index is 0.0840. The summed E-state index contributed by atoms with van der Waals surface area (Å²) in [4.78, 5) is 21.9. The van der Waals surface area contributed by atoms with Gasteiger partial charge in [-0.15, -0.1) is 0 Å². The summed E-state index contributed by atoms with van der Waals surface area (Å²) >= 11 is 0. The zero-order valence-corrected chi connectivity index (χ0v) is 15.8. The van der Waals surface area contributed by atoms with Crippen molar-refractivity contribution in [3.05, 3.63) is 24.2 Å². The summed E-state index contributed by atoms with van der Waals surface area (Å²) in [6.45, 7) is 4.76. The molecule has 1 atom stereocenters. The molecule has 0 bridgehead atoms. The van der Waals surface area contributed by atoms with E-state index >= 15 is 0 Å². The van der Waals surface area contributed by atoms with Crippen molar-refractivity contribution in [2.24, 2.45) is 0 Å². The molecule has 1 saturated heterocycles. The number of carbonyl (C=O) groups is 1. The number of hydrogen-bond donors (Lipinski definition) is 1. The molecule has 26 heavy (non-hydrogen) atoms. The van der Waals surface area contributed by atoms with Crippen LogP contribution >= 0.6 is 0 Å². The van der Waals surface area contributed by atoms with E-state index in [-0.39, 0.29) is 17.9 Å². The molecule has 0 aliphatic carbocycles.